The maximum absolute atomic E-state index is 4.55. The van der Waals surface area contributed by atoms with E-state index in [-0.39, 0.29) is 24.0 Å². The molecule has 25 heavy (non-hydrogen) atoms. The van der Waals surface area contributed by atoms with Gasteiger partial charge in [-0.3, -0.25) is 9.98 Å². The molecule has 140 valence electrons. The minimum Gasteiger partial charge on any atom is -0.356 e. The third-order valence-corrected chi connectivity index (χ3v) is 6.87. The first kappa shape index (κ1) is 20.8. The first-order valence-electron chi connectivity index (χ1n) is 9.21. The number of nitrogens with zero attached hydrogens (tertiary/aromatic N) is 3. The summed E-state index contributed by atoms with van der Waals surface area (Å²) in [6.45, 7) is 5.33. The Morgan fingerprint density at radius 3 is 2.88 bits per heavy atom. The van der Waals surface area contributed by atoms with Gasteiger partial charge in [0.15, 0.2) is 5.96 Å². The maximum Gasteiger partial charge on any atom is 0.193 e. The molecular weight excluding hydrogens is 443 g/mol. The minimum atomic E-state index is 0. The number of aryl methyl sites for hydroxylation is 1. The van der Waals surface area contributed by atoms with Crippen molar-refractivity contribution in [3.05, 3.63) is 29.6 Å². The summed E-state index contributed by atoms with van der Waals surface area (Å²) in [6, 6.07) is 2.12. The average Bonchev–Trinajstić information content (AvgIpc) is 2.61. The molecule has 1 aromatic rings. The lowest BCUT2D eigenvalue weighted by Gasteiger charge is -2.45. The molecule has 0 amide bonds. The van der Waals surface area contributed by atoms with Crippen molar-refractivity contribution in [2.75, 3.05) is 32.4 Å². The molecule has 0 unspecified atom stereocenters. The monoisotopic (exact) mass is 474 g/mol. The second-order valence-electron chi connectivity index (χ2n) is 7.04. The molecular formula is C19H31IN4S. The number of aliphatic imine (C=N–C) groups is 1. The standard InChI is InChI=1S/C19H30N4S.HI/c1-16-14-21-10-6-17(16)7-11-22-18(20-2)23-12-13-24-19(15-23)8-4-3-5-9-19;/h6,10,14H,3-5,7-9,11-13,15H2,1-2H3,(H,20,22);1H. The summed E-state index contributed by atoms with van der Waals surface area (Å²) in [5, 5.41) is 3.58. The average molecular weight is 474 g/mol. The SMILES string of the molecule is CN=C(NCCc1ccncc1C)N1CCSC2(CCCCC2)C1.I. The molecule has 1 spiro atoms. The molecule has 1 aliphatic heterocycles. The van der Waals surface area contributed by atoms with Crippen LogP contribution < -0.4 is 5.32 Å². The summed E-state index contributed by atoms with van der Waals surface area (Å²) in [5.41, 5.74) is 2.63. The summed E-state index contributed by atoms with van der Waals surface area (Å²) < 4.78 is 0.482. The Morgan fingerprint density at radius 1 is 1.36 bits per heavy atom. The Labute approximate surface area is 173 Å². The van der Waals surface area contributed by atoms with Gasteiger partial charge in [-0.2, -0.15) is 11.8 Å². The summed E-state index contributed by atoms with van der Waals surface area (Å²) in [4.78, 5) is 11.2. The molecule has 2 aliphatic rings. The van der Waals surface area contributed by atoms with E-state index < -0.39 is 0 Å². The van der Waals surface area contributed by atoms with Crippen LogP contribution in [0.15, 0.2) is 23.5 Å². The molecule has 0 radical (unpaired) electrons. The van der Waals surface area contributed by atoms with Gasteiger partial charge in [0.25, 0.3) is 0 Å². The molecule has 0 atom stereocenters. The molecule has 0 aromatic carbocycles. The van der Waals surface area contributed by atoms with E-state index in [0.717, 1.165) is 32.0 Å². The zero-order valence-corrected chi connectivity index (χ0v) is 18.6. The lowest BCUT2D eigenvalue weighted by Crippen LogP contribution is -2.53. The number of hydrogen-bond acceptors (Lipinski definition) is 3. The third kappa shape index (κ3) is 5.49. The van der Waals surface area contributed by atoms with Crippen LogP contribution in [0.2, 0.25) is 0 Å². The van der Waals surface area contributed by atoms with Crippen molar-refractivity contribution in [3.63, 3.8) is 0 Å². The predicted octanol–water partition coefficient (Wildman–Crippen LogP) is 3.88. The quantitative estimate of drug-likeness (QED) is 0.410. The Kier molecular flexibility index (Phi) is 8.32. The van der Waals surface area contributed by atoms with Crippen molar-refractivity contribution in [2.24, 2.45) is 4.99 Å². The van der Waals surface area contributed by atoms with E-state index in [1.807, 2.05) is 19.4 Å². The Morgan fingerprint density at radius 2 is 2.16 bits per heavy atom. The van der Waals surface area contributed by atoms with Gasteiger partial charge in [-0.1, -0.05) is 19.3 Å². The maximum atomic E-state index is 4.55. The molecule has 4 nitrogen and oxygen atoms in total. The topological polar surface area (TPSA) is 40.5 Å². The molecule has 1 aromatic heterocycles. The van der Waals surface area contributed by atoms with Crippen LogP contribution in [0.25, 0.3) is 0 Å². The zero-order chi connectivity index (χ0) is 16.8. The number of pyridine rings is 1. The van der Waals surface area contributed by atoms with Crippen LogP contribution in [-0.4, -0.2) is 53.0 Å². The lowest BCUT2D eigenvalue weighted by molar-refractivity contribution is 0.293. The van der Waals surface area contributed by atoms with Gasteiger partial charge in [0, 0.05) is 49.6 Å². The first-order valence-corrected chi connectivity index (χ1v) is 10.2. The van der Waals surface area contributed by atoms with Gasteiger partial charge < -0.3 is 10.2 Å². The lowest BCUT2D eigenvalue weighted by atomic mass is 9.87. The summed E-state index contributed by atoms with van der Waals surface area (Å²) >= 11 is 2.21. The highest BCUT2D eigenvalue weighted by molar-refractivity contribution is 14.0. The number of hydrogen-bond donors (Lipinski definition) is 1. The Hall–Kier alpha value is -0.500. The van der Waals surface area contributed by atoms with E-state index in [0.29, 0.717) is 4.75 Å². The number of halogens is 1. The Bertz CT molecular complexity index is 567. The molecule has 2 fully saturated rings. The second kappa shape index (κ2) is 10.00. The molecule has 1 saturated carbocycles. The summed E-state index contributed by atoms with van der Waals surface area (Å²) in [6.07, 6.45) is 11.8. The van der Waals surface area contributed by atoms with Gasteiger partial charge in [-0.25, -0.2) is 0 Å². The molecule has 1 saturated heterocycles. The number of guanidine groups is 1. The van der Waals surface area contributed by atoms with Gasteiger partial charge in [-0.15, -0.1) is 24.0 Å². The zero-order valence-electron chi connectivity index (χ0n) is 15.5. The van der Waals surface area contributed by atoms with Gasteiger partial charge in [0.2, 0.25) is 0 Å². The molecule has 1 aliphatic carbocycles. The van der Waals surface area contributed by atoms with Crippen LogP contribution in [0.5, 0.6) is 0 Å². The van der Waals surface area contributed by atoms with Crippen molar-refractivity contribution in [2.45, 2.75) is 50.2 Å². The van der Waals surface area contributed by atoms with E-state index in [2.05, 4.69) is 44.9 Å². The van der Waals surface area contributed by atoms with Crippen LogP contribution in [0.4, 0.5) is 0 Å². The first-order chi connectivity index (χ1) is 11.7. The summed E-state index contributed by atoms with van der Waals surface area (Å²) in [5.74, 6) is 2.30. The number of thioether (sulfide) groups is 1. The van der Waals surface area contributed by atoms with E-state index in [1.54, 1.807) is 0 Å². The highest BCUT2D eigenvalue weighted by Crippen LogP contribution is 2.42. The molecule has 6 heteroatoms. The van der Waals surface area contributed by atoms with E-state index >= 15 is 0 Å². The minimum absolute atomic E-state index is 0. The van der Waals surface area contributed by atoms with Gasteiger partial charge >= 0.3 is 0 Å². The normalized spacial score (nSPS) is 20.2. The van der Waals surface area contributed by atoms with Crippen LogP contribution >= 0.6 is 35.7 Å². The number of rotatable bonds is 3. The fourth-order valence-corrected chi connectivity index (χ4v) is 5.52. The predicted molar refractivity (Wildman–Crippen MR) is 119 cm³/mol. The van der Waals surface area contributed by atoms with Crippen molar-refractivity contribution >= 4 is 41.7 Å². The fraction of sp³-hybridized carbons (Fsp3) is 0.684. The third-order valence-electron chi connectivity index (χ3n) is 5.34. The van der Waals surface area contributed by atoms with Crippen molar-refractivity contribution in [3.8, 4) is 0 Å². The van der Waals surface area contributed by atoms with Crippen molar-refractivity contribution in [1.82, 2.24) is 15.2 Å². The van der Waals surface area contributed by atoms with Gasteiger partial charge in [0.05, 0.1) is 0 Å². The van der Waals surface area contributed by atoms with E-state index in [9.17, 15) is 0 Å². The van der Waals surface area contributed by atoms with E-state index in [4.69, 9.17) is 0 Å². The molecule has 3 rings (SSSR count). The molecule has 1 N–H and O–H groups in total. The van der Waals surface area contributed by atoms with Crippen LogP contribution in [0.1, 0.15) is 43.2 Å². The highest BCUT2D eigenvalue weighted by Gasteiger charge is 2.38. The Balaban J connectivity index is 0.00000225. The van der Waals surface area contributed by atoms with Crippen molar-refractivity contribution in [1.29, 1.82) is 0 Å². The fourth-order valence-electron chi connectivity index (χ4n) is 3.95. The molecule has 0 bridgehead atoms. The molecule has 2 heterocycles. The second-order valence-corrected chi connectivity index (χ2v) is 8.60. The van der Waals surface area contributed by atoms with Crippen LogP contribution in [0.3, 0.4) is 0 Å². The number of nitrogens with one attached hydrogen (secondary N) is 1. The van der Waals surface area contributed by atoms with Crippen LogP contribution in [0, 0.1) is 6.92 Å². The smallest absolute Gasteiger partial charge is 0.193 e. The highest BCUT2D eigenvalue weighted by atomic mass is 127. The largest absolute Gasteiger partial charge is 0.356 e. The number of aromatic nitrogens is 1. The van der Waals surface area contributed by atoms with Gasteiger partial charge in [-0.05, 0) is 43.4 Å². The summed E-state index contributed by atoms with van der Waals surface area (Å²) in [7, 11) is 1.91. The van der Waals surface area contributed by atoms with Gasteiger partial charge in [0.1, 0.15) is 0 Å². The van der Waals surface area contributed by atoms with Crippen LogP contribution in [-0.2, 0) is 6.42 Å². The van der Waals surface area contributed by atoms with Crippen molar-refractivity contribution < 1.29 is 0 Å². The van der Waals surface area contributed by atoms with E-state index in [1.165, 1.54) is 49.0 Å².